The largest absolute Gasteiger partial charge is 0.338 e. The molecule has 2 heterocycles. The standard InChI is InChI=1S/C25H27N3O/c29-25(23-11-5-4-10-22(23)20-7-2-1-3-8-20)28-15-6-9-21(18-28)24-26-14-16-27(24)17-19-12-13-19/h1-5,7-8,10-11,14,16,19,21H,6,9,12-13,15,17-18H2/t21-/m0/s1. The number of hydrogen-bond donors (Lipinski definition) is 0. The van der Waals surface area contributed by atoms with Gasteiger partial charge in [-0.25, -0.2) is 4.98 Å². The average molecular weight is 386 g/mol. The van der Waals surface area contributed by atoms with Crippen LogP contribution in [0, 0.1) is 5.92 Å². The van der Waals surface area contributed by atoms with Gasteiger partial charge < -0.3 is 9.47 Å². The van der Waals surface area contributed by atoms with Gasteiger partial charge in [-0.1, -0.05) is 48.5 Å². The van der Waals surface area contributed by atoms with E-state index in [1.165, 1.54) is 12.8 Å². The number of hydrogen-bond acceptors (Lipinski definition) is 2. The van der Waals surface area contributed by atoms with E-state index in [1.807, 2.05) is 53.6 Å². The van der Waals surface area contributed by atoms with Crippen LogP contribution >= 0.6 is 0 Å². The van der Waals surface area contributed by atoms with E-state index in [1.54, 1.807) is 0 Å². The maximum absolute atomic E-state index is 13.5. The minimum Gasteiger partial charge on any atom is -0.338 e. The first kappa shape index (κ1) is 18.2. The first-order valence-corrected chi connectivity index (χ1v) is 10.7. The lowest BCUT2D eigenvalue weighted by Crippen LogP contribution is -2.40. The van der Waals surface area contributed by atoms with Crippen LogP contribution in [-0.2, 0) is 6.54 Å². The highest BCUT2D eigenvalue weighted by molar-refractivity contribution is 6.01. The number of amides is 1. The van der Waals surface area contributed by atoms with E-state index in [2.05, 4.69) is 27.9 Å². The first-order valence-electron chi connectivity index (χ1n) is 10.7. The molecular formula is C25H27N3O. The van der Waals surface area contributed by atoms with Crippen molar-refractivity contribution in [2.45, 2.75) is 38.1 Å². The number of aromatic nitrogens is 2. The third kappa shape index (κ3) is 3.84. The van der Waals surface area contributed by atoms with Crippen LogP contribution in [0.3, 0.4) is 0 Å². The van der Waals surface area contributed by atoms with Crippen molar-refractivity contribution >= 4 is 5.91 Å². The van der Waals surface area contributed by atoms with Crippen molar-refractivity contribution in [3.8, 4) is 11.1 Å². The van der Waals surface area contributed by atoms with Gasteiger partial charge in [-0.3, -0.25) is 4.79 Å². The Labute approximate surface area is 172 Å². The molecule has 5 rings (SSSR count). The van der Waals surface area contributed by atoms with Gasteiger partial charge in [-0.05, 0) is 48.8 Å². The zero-order valence-electron chi connectivity index (χ0n) is 16.7. The molecule has 0 bridgehead atoms. The molecule has 1 aliphatic heterocycles. The van der Waals surface area contributed by atoms with Crippen LogP contribution in [-0.4, -0.2) is 33.4 Å². The van der Waals surface area contributed by atoms with Crippen LogP contribution in [0.15, 0.2) is 67.0 Å². The molecule has 0 N–H and O–H groups in total. The number of benzene rings is 2. The van der Waals surface area contributed by atoms with Crippen molar-refractivity contribution in [1.82, 2.24) is 14.5 Å². The molecule has 0 radical (unpaired) electrons. The second kappa shape index (κ2) is 7.86. The van der Waals surface area contributed by atoms with Crippen molar-refractivity contribution in [2.75, 3.05) is 13.1 Å². The van der Waals surface area contributed by atoms with Crippen LogP contribution in [0.4, 0.5) is 0 Å². The second-order valence-corrected chi connectivity index (χ2v) is 8.38. The molecule has 1 saturated heterocycles. The fourth-order valence-corrected chi connectivity index (χ4v) is 4.50. The maximum atomic E-state index is 13.5. The summed E-state index contributed by atoms with van der Waals surface area (Å²) in [5.74, 6) is 2.44. The van der Waals surface area contributed by atoms with E-state index >= 15 is 0 Å². The van der Waals surface area contributed by atoms with Crippen molar-refractivity contribution < 1.29 is 4.79 Å². The molecule has 2 fully saturated rings. The second-order valence-electron chi connectivity index (χ2n) is 8.38. The summed E-state index contributed by atoms with van der Waals surface area (Å²) in [4.78, 5) is 20.2. The molecular weight excluding hydrogens is 358 g/mol. The number of nitrogens with zero attached hydrogens (tertiary/aromatic N) is 3. The van der Waals surface area contributed by atoms with Crippen molar-refractivity contribution in [3.05, 3.63) is 78.4 Å². The van der Waals surface area contributed by atoms with Crippen LogP contribution in [0.25, 0.3) is 11.1 Å². The van der Waals surface area contributed by atoms with Gasteiger partial charge in [0.25, 0.3) is 5.91 Å². The summed E-state index contributed by atoms with van der Waals surface area (Å²) in [5.41, 5.74) is 2.89. The third-order valence-electron chi connectivity index (χ3n) is 6.22. The zero-order chi connectivity index (χ0) is 19.6. The summed E-state index contributed by atoms with van der Waals surface area (Å²) in [7, 11) is 0. The fourth-order valence-electron chi connectivity index (χ4n) is 4.50. The van der Waals surface area contributed by atoms with Gasteiger partial charge in [0.2, 0.25) is 0 Å². The fraction of sp³-hybridized carbons (Fsp3) is 0.360. The molecule has 2 aliphatic rings. The van der Waals surface area contributed by atoms with Gasteiger partial charge in [-0.2, -0.15) is 0 Å². The van der Waals surface area contributed by atoms with Gasteiger partial charge in [0, 0.05) is 43.5 Å². The molecule has 4 heteroatoms. The highest BCUT2D eigenvalue weighted by Gasteiger charge is 2.30. The Balaban J connectivity index is 1.38. The Hall–Kier alpha value is -2.88. The quantitative estimate of drug-likeness (QED) is 0.621. The normalized spacial score (nSPS) is 19.3. The molecule has 2 aromatic carbocycles. The van der Waals surface area contributed by atoms with Gasteiger partial charge in [0.1, 0.15) is 5.82 Å². The van der Waals surface area contributed by atoms with E-state index in [9.17, 15) is 4.79 Å². The average Bonchev–Trinajstić information content (AvgIpc) is 3.48. The number of likely N-dealkylation sites (tertiary alicyclic amines) is 1. The summed E-state index contributed by atoms with van der Waals surface area (Å²) in [6, 6.07) is 18.2. The number of piperidine rings is 1. The molecule has 29 heavy (non-hydrogen) atoms. The van der Waals surface area contributed by atoms with Crippen LogP contribution in [0.2, 0.25) is 0 Å². The SMILES string of the molecule is O=C(c1ccccc1-c1ccccc1)N1CCC[C@H](c2nccn2CC2CC2)C1. The zero-order valence-corrected chi connectivity index (χ0v) is 16.7. The van der Waals surface area contributed by atoms with Crippen LogP contribution in [0.1, 0.15) is 47.8 Å². The van der Waals surface area contributed by atoms with Crippen molar-refractivity contribution in [1.29, 1.82) is 0 Å². The molecule has 1 amide bonds. The Morgan fingerprint density at radius 1 is 1.00 bits per heavy atom. The number of rotatable bonds is 5. The highest BCUT2D eigenvalue weighted by atomic mass is 16.2. The molecule has 1 aromatic heterocycles. The van der Waals surface area contributed by atoms with Gasteiger partial charge in [0.15, 0.2) is 0 Å². The summed E-state index contributed by atoms with van der Waals surface area (Å²) in [6.07, 6.45) is 8.83. The predicted molar refractivity (Wildman–Crippen MR) is 115 cm³/mol. The lowest BCUT2D eigenvalue weighted by atomic mass is 9.94. The minimum atomic E-state index is 0.134. The summed E-state index contributed by atoms with van der Waals surface area (Å²) in [6.45, 7) is 2.65. The lowest BCUT2D eigenvalue weighted by Gasteiger charge is -2.33. The molecule has 3 aromatic rings. The van der Waals surface area contributed by atoms with E-state index in [-0.39, 0.29) is 5.91 Å². The summed E-state index contributed by atoms with van der Waals surface area (Å²) >= 11 is 0. The first-order chi connectivity index (χ1) is 14.3. The Bertz CT molecular complexity index is 990. The van der Waals surface area contributed by atoms with Gasteiger partial charge >= 0.3 is 0 Å². The predicted octanol–water partition coefficient (Wildman–Crippen LogP) is 4.98. The van der Waals surface area contributed by atoms with E-state index in [0.29, 0.717) is 5.92 Å². The van der Waals surface area contributed by atoms with Crippen LogP contribution < -0.4 is 0 Å². The van der Waals surface area contributed by atoms with E-state index in [4.69, 9.17) is 0 Å². The molecule has 148 valence electrons. The minimum absolute atomic E-state index is 0.134. The Morgan fingerprint density at radius 3 is 2.62 bits per heavy atom. The molecule has 0 unspecified atom stereocenters. The number of carbonyl (C=O) groups excluding carboxylic acids is 1. The van der Waals surface area contributed by atoms with E-state index in [0.717, 1.165) is 60.9 Å². The van der Waals surface area contributed by atoms with Gasteiger partial charge in [-0.15, -0.1) is 0 Å². The summed E-state index contributed by atoms with van der Waals surface area (Å²) in [5, 5.41) is 0. The lowest BCUT2D eigenvalue weighted by molar-refractivity contribution is 0.0704. The molecule has 1 aliphatic carbocycles. The van der Waals surface area contributed by atoms with E-state index < -0.39 is 0 Å². The topological polar surface area (TPSA) is 38.1 Å². The Morgan fingerprint density at radius 2 is 1.79 bits per heavy atom. The van der Waals surface area contributed by atoms with Gasteiger partial charge in [0.05, 0.1) is 0 Å². The molecule has 1 atom stereocenters. The number of imidazole rings is 1. The van der Waals surface area contributed by atoms with Crippen molar-refractivity contribution in [3.63, 3.8) is 0 Å². The van der Waals surface area contributed by atoms with Crippen LogP contribution in [0.5, 0.6) is 0 Å². The Kier molecular flexibility index (Phi) is 4.92. The highest BCUT2D eigenvalue weighted by Crippen LogP contribution is 2.33. The molecule has 1 saturated carbocycles. The number of carbonyl (C=O) groups is 1. The van der Waals surface area contributed by atoms with Crippen molar-refractivity contribution in [2.24, 2.45) is 5.92 Å². The third-order valence-corrected chi connectivity index (χ3v) is 6.22. The molecule has 0 spiro atoms. The maximum Gasteiger partial charge on any atom is 0.254 e. The monoisotopic (exact) mass is 385 g/mol. The smallest absolute Gasteiger partial charge is 0.254 e. The molecule has 4 nitrogen and oxygen atoms in total. The summed E-state index contributed by atoms with van der Waals surface area (Å²) < 4.78 is 2.33.